The third-order valence-corrected chi connectivity index (χ3v) is 4.50. The highest BCUT2D eigenvalue weighted by molar-refractivity contribution is 7.12. The number of nitrogens with zero attached hydrogens (tertiary/aromatic N) is 1. The monoisotopic (exact) mass is 258 g/mol. The predicted molar refractivity (Wildman–Crippen MR) is 76.9 cm³/mol. The zero-order valence-electron chi connectivity index (χ0n) is 10.6. The molecule has 0 spiro atoms. The van der Waals surface area contributed by atoms with Crippen molar-refractivity contribution in [2.24, 2.45) is 5.73 Å². The molecule has 1 atom stereocenters. The summed E-state index contributed by atoms with van der Waals surface area (Å²) in [6.07, 6.45) is 4.44. The SMILES string of the molecule is CC(N)Cc1nc2c(s1)CCCc1ccccc1-2. The molecule has 0 saturated carbocycles. The molecule has 1 unspecified atom stereocenters. The first-order valence-corrected chi connectivity index (χ1v) is 7.38. The fourth-order valence-corrected chi connectivity index (χ4v) is 3.82. The Balaban J connectivity index is 2.06. The van der Waals surface area contributed by atoms with Gasteiger partial charge >= 0.3 is 0 Å². The van der Waals surface area contributed by atoms with Crippen molar-refractivity contribution in [1.29, 1.82) is 0 Å². The van der Waals surface area contributed by atoms with Gasteiger partial charge in [0, 0.05) is 22.9 Å². The summed E-state index contributed by atoms with van der Waals surface area (Å²) in [6, 6.07) is 8.86. The minimum absolute atomic E-state index is 0.190. The first-order valence-electron chi connectivity index (χ1n) is 6.56. The Morgan fingerprint density at radius 2 is 2.17 bits per heavy atom. The highest BCUT2D eigenvalue weighted by atomic mass is 32.1. The normalized spacial score (nSPS) is 15.7. The molecule has 2 nitrogen and oxygen atoms in total. The Hall–Kier alpha value is -1.19. The molecule has 2 aromatic rings. The largest absolute Gasteiger partial charge is 0.328 e. The molecule has 1 heterocycles. The van der Waals surface area contributed by atoms with Gasteiger partial charge in [0.1, 0.15) is 0 Å². The van der Waals surface area contributed by atoms with Crippen LogP contribution in [0.1, 0.15) is 28.8 Å². The topological polar surface area (TPSA) is 38.9 Å². The highest BCUT2D eigenvalue weighted by Gasteiger charge is 2.18. The maximum Gasteiger partial charge on any atom is 0.0950 e. The van der Waals surface area contributed by atoms with E-state index in [2.05, 4.69) is 24.3 Å². The summed E-state index contributed by atoms with van der Waals surface area (Å²) in [4.78, 5) is 6.27. The van der Waals surface area contributed by atoms with E-state index in [1.54, 1.807) is 0 Å². The standard InChI is InChI=1S/C15H18N2S/c1-10(16)9-14-17-15-12-7-3-2-5-11(12)6-4-8-13(15)18-14/h2-3,5,7,10H,4,6,8-9,16H2,1H3. The molecule has 1 aromatic heterocycles. The van der Waals surface area contributed by atoms with Gasteiger partial charge in [-0.2, -0.15) is 0 Å². The number of aryl methyl sites for hydroxylation is 2. The lowest BCUT2D eigenvalue weighted by molar-refractivity contribution is 0.734. The van der Waals surface area contributed by atoms with Crippen LogP contribution in [-0.2, 0) is 19.3 Å². The number of hydrogen-bond donors (Lipinski definition) is 1. The predicted octanol–water partition coefficient (Wildman–Crippen LogP) is 3.19. The Bertz CT molecular complexity index is 557. The molecule has 1 aromatic carbocycles. The van der Waals surface area contributed by atoms with E-state index < -0.39 is 0 Å². The molecule has 0 fully saturated rings. The minimum atomic E-state index is 0.190. The second kappa shape index (κ2) is 4.82. The molecule has 94 valence electrons. The average Bonchev–Trinajstić information content (AvgIpc) is 2.64. The zero-order chi connectivity index (χ0) is 12.5. The molecule has 0 radical (unpaired) electrons. The van der Waals surface area contributed by atoms with Gasteiger partial charge in [0.25, 0.3) is 0 Å². The van der Waals surface area contributed by atoms with Crippen LogP contribution in [0.3, 0.4) is 0 Å². The van der Waals surface area contributed by atoms with Crippen LogP contribution < -0.4 is 5.73 Å². The molecule has 0 saturated heterocycles. The summed E-state index contributed by atoms with van der Waals surface area (Å²) in [6.45, 7) is 2.04. The molecule has 1 aliphatic rings. The van der Waals surface area contributed by atoms with Gasteiger partial charge in [-0.15, -0.1) is 11.3 Å². The van der Waals surface area contributed by atoms with Crippen molar-refractivity contribution in [1.82, 2.24) is 4.98 Å². The molecule has 3 rings (SSSR count). The summed E-state index contributed by atoms with van der Waals surface area (Å²) in [5.41, 5.74) is 9.86. The maximum absolute atomic E-state index is 5.87. The number of aromatic nitrogens is 1. The van der Waals surface area contributed by atoms with Crippen molar-refractivity contribution in [3.05, 3.63) is 39.7 Å². The first-order chi connectivity index (χ1) is 8.74. The van der Waals surface area contributed by atoms with Crippen LogP contribution in [0.5, 0.6) is 0 Å². The third-order valence-electron chi connectivity index (χ3n) is 3.36. The van der Waals surface area contributed by atoms with Crippen molar-refractivity contribution in [2.75, 3.05) is 0 Å². The Morgan fingerprint density at radius 1 is 1.33 bits per heavy atom. The summed E-state index contributed by atoms with van der Waals surface area (Å²) in [5.74, 6) is 0. The van der Waals surface area contributed by atoms with Gasteiger partial charge < -0.3 is 5.73 Å². The molecule has 3 heteroatoms. The number of rotatable bonds is 2. The molecule has 1 aliphatic carbocycles. The summed E-state index contributed by atoms with van der Waals surface area (Å²) in [5, 5.41) is 1.19. The minimum Gasteiger partial charge on any atom is -0.328 e. The molecule has 0 bridgehead atoms. The highest BCUT2D eigenvalue weighted by Crippen LogP contribution is 2.35. The molecule has 18 heavy (non-hydrogen) atoms. The van der Waals surface area contributed by atoms with Crippen molar-refractivity contribution < 1.29 is 0 Å². The van der Waals surface area contributed by atoms with E-state index in [0.717, 1.165) is 12.8 Å². The lowest BCUT2D eigenvalue weighted by atomic mass is 10.0. The van der Waals surface area contributed by atoms with Gasteiger partial charge in [-0.05, 0) is 31.7 Å². The lowest BCUT2D eigenvalue weighted by Gasteiger charge is -2.04. The van der Waals surface area contributed by atoms with E-state index in [-0.39, 0.29) is 6.04 Å². The lowest BCUT2D eigenvalue weighted by Crippen LogP contribution is -2.17. The molecule has 2 N–H and O–H groups in total. The summed E-state index contributed by atoms with van der Waals surface area (Å²) in [7, 11) is 0. The van der Waals surface area contributed by atoms with E-state index in [1.807, 2.05) is 18.3 Å². The summed E-state index contributed by atoms with van der Waals surface area (Å²) >= 11 is 1.85. The fourth-order valence-electron chi connectivity index (χ4n) is 2.55. The van der Waals surface area contributed by atoms with Crippen molar-refractivity contribution in [3.8, 4) is 11.3 Å². The van der Waals surface area contributed by atoms with Crippen LogP contribution in [0, 0.1) is 0 Å². The number of nitrogens with two attached hydrogens (primary N) is 1. The van der Waals surface area contributed by atoms with E-state index in [4.69, 9.17) is 10.7 Å². The Labute approximate surface area is 112 Å². The quantitative estimate of drug-likeness (QED) is 0.898. The van der Waals surface area contributed by atoms with E-state index >= 15 is 0 Å². The molecule has 0 amide bonds. The van der Waals surface area contributed by atoms with E-state index in [9.17, 15) is 0 Å². The Kier molecular flexibility index (Phi) is 3.18. The van der Waals surface area contributed by atoms with Gasteiger partial charge in [0.15, 0.2) is 0 Å². The number of thiazole rings is 1. The molecule has 0 aliphatic heterocycles. The van der Waals surface area contributed by atoms with E-state index in [0.29, 0.717) is 0 Å². The van der Waals surface area contributed by atoms with E-state index in [1.165, 1.54) is 39.5 Å². The zero-order valence-corrected chi connectivity index (χ0v) is 11.5. The van der Waals surface area contributed by atoms with Gasteiger partial charge in [-0.25, -0.2) is 4.98 Å². The molecular weight excluding hydrogens is 240 g/mol. The number of hydrogen-bond acceptors (Lipinski definition) is 3. The molecular formula is C15H18N2S. The second-order valence-corrected chi connectivity index (χ2v) is 6.24. The van der Waals surface area contributed by atoms with Crippen LogP contribution in [0.25, 0.3) is 11.3 Å². The van der Waals surface area contributed by atoms with Crippen LogP contribution in [-0.4, -0.2) is 11.0 Å². The maximum atomic E-state index is 5.87. The smallest absolute Gasteiger partial charge is 0.0950 e. The van der Waals surface area contributed by atoms with Crippen molar-refractivity contribution >= 4 is 11.3 Å². The second-order valence-electron chi connectivity index (χ2n) is 5.07. The van der Waals surface area contributed by atoms with Crippen molar-refractivity contribution in [3.63, 3.8) is 0 Å². The van der Waals surface area contributed by atoms with Crippen LogP contribution in [0.2, 0.25) is 0 Å². The van der Waals surface area contributed by atoms with Gasteiger partial charge in [0.2, 0.25) is 0 Å². The van der Waals surface area contributed by atoms with Crippen molar-refractivity contribution in [2.45, 2.75) is 38.6 Å². The van der Waals surface area contributed by atoms with Gasteiger partial charge in [0.05, 0.1) is 10.7 Å². The Morgan fingerprint density at radius 3 is 3.00 bits per heavy atom. The van der Waals surface area contributed by atoms with Crippen LogP contribution in [0.4, 0.5) is 0 Å². The van der Waals surface area contributed by atoms with Gasteiger partial charge in [-0.3, -0.25) is 0 Å². The number of benzene rings is 1. The first kappa shape index (κ1) is 11.9. The third kappa shape index (κ3) is 2.20. The van der Waals surface area contributed by atoms with Crippen LogP contribution >= 0.6 is 11.3 Å². The number of fused-ring (bicyclic) bond motifs is 3. The summed E-state index contributed by atoms with van der Waals surface area (Å²) < 4.78 is 0. The average molecular weight is 258 g/mol. The fraction of sp³-hybridized carbons (Fsp3) is 0.400. The van der Waals surface area contributed by atoms with Crippen LogP contribution in [0.15, 0.2) is 24.3 Å². The van der Waals surface area contributed by atoms with Gasteiger partial charge in [-0.1, -0.05) is 24.3 Å².